The molecule has 2 rings (SSSR count). The van der Waals surface area contributed by atoms with Gasteiger partial charge in [0.2, 0.25) is 0 Å². The van der Waals surface area contributed by atoms with Crippen LogP contribution in [0.3, 0.4) is 0 Å². The first kappa shape index (κ1) is 11.8. The number of nitrogens with zero attached hydrogens (tertiary/aromatic N) is 1. The molecule has 0 amide bonds. The highest BCUT2D eigenvalue weighted by Gasteiger charge is 2.46. The van der Waals surface area contributed by atoms with Gasteiger partial charge in [-0.25, -0.2) is 0 Å². The Kier molecular flexibility index (Phi) is 3.26. The van der Waals surface area contributed by atoms with E-state index in [-0.39, 0.29) is 19.0 Å². The summed E-state index contributed by atoms with van der Waals surface area (Å²) >= 11 is 0. The highest BCUT2D eigenvalue weighted by atomic mass is 16.5. The highest BCUT2D eigenvalue weighted by molar-refractivity contribution is 6.03. The van der Waals surface area contributed by atoms with Gasteiger partial charge in [-0.3, -0.25) is 4.79 Å². The third-order valence-corrected chi connectivity index (χ3v) is 3.10. The Morgan fingerprint density at radius 1 is 1.41 bits per heavy atom. The molecule has 0 radical (unpaired) electrons. The van der Waals surface area contributed by atoms with Crippen molar-refractivity contribution in [3.8, 4) is 6.07 Å². The molecule has 3 nitrogen and oxygen atoms in total. The lowest BCUT2D eigenvalue weighted by Gasteiger charge is -2.33. The van der Waals surface area contributed by atoms with Crippen molar-refractivity contribution in [2.24, 2.45) is 5.41 Å². The number of aryl methyl sites for hydroxylation is 1. The number of nitriles is 1. The molecule has 3 heteroatoms. The van der Waals surface area contributed by atoms with Crippen LogP contribution in [0.1, 0.15) is 29.3 Å². The third kappa shape index (κ3) is 2.09. The Morgan fingerprint density at radius 3 is 2.47 bits per heavy atom. The molecule has 0 unspecified atom stereocenters. The largest absolute Gasteiger partial charge is 0.377 e. The lowest BCUT2D eigenvalue weighted by Crippen LogP contribution is -2.47. The molecule has 1 aromatic carbocycles. The SMILES string of the molecule is CCCc1ccc(C(=O)C2(C#N)COC2)cc1. The minimum Gasteiger partial charge on any atom is -0.377 e. The van der Waals surface area contributed by atoms with Crippen molar-refractivity contribution in [1.29, 1.82) is 5.26 Å². The Hall–Kier alpha value is -1.66. The minimum absolute atomic E-state index is 0.116. The molecule has 0 atom stereocenters. The molecule has 1 aliphatic heterocycles. The normalized spacial score (nSPS) is 16.9. The van der Waals surface area contributed by atoms with Crippen molar-refractivity contribution < 1.29 is 9.53 Å². The molecule has 0 saturated carbocycles. The summed E-state index contributed by atoms with van der Waals surface area (Å²) in [5, 5.41) is 9.06. The van der Waals surface area contributed by atoms with Gasteiger partial charge in [0.15, 0.2) is 11.2 Å². The number of rotatable bonds is 4. The van der Waals surface area contributed by atoms with E-state index in [0.717, 1.165) is 12.8 Å². The summed E-state index contributed by atoms with van der Waals surface area (Å²) in [4.78, 5) is 12.1. The van der Waals surface area contributed by atoms with Gasteiger partial charge in [-0.05, 0) is 12.0 Å². The number of ketones is 1. The lowest BCUT2D eigenvalue weighted by molar-refractivity contribution is -0.0566. The van der Waals surface area contributed by atoms with E-state index in [1.807, 2.05) is 24.3 Å². The fraction of sp³-hybridized carbons (Fsp3) is 0.429. The Bertz CT molecular complexity index is 452. The van der Waals surface area contributed by atoms with E-state index in [4.69, 9.17) is 10.00 Å². The van der Waals surface area contributed by atoms with Crippen LogP contribution in [0.2, 0.25) is 0 Å². The lowest BCUT2D eigenvalue weighted by atomic mass is 9.80. The average Bonchev–Trinajstić information content (AvgIpc) is 2.29. The summed E-state index contributed by atoms with van der Waals surface area (Å²) in [6.45, 7) is 2.56. The first-order valence-electron chi connectivity index (χ1n) is 5.84. The van der Waals surface area contributed by atoms with Crippen LogP contribution in [-0.4, -0.2) is 19.0 Å². The van der Waals surface area contributed by atoms with Crippen molar-refractivity contribution in [3.63, 3.8) is 0 Å². The monoisotopic (exact) mass is 229 g/mol. The van der Waals surface area contributed by atoms with Crippen LogP contribution in [0.4, 0.5) is 0 Å². The van der Waals surface area contributed by atoms with E-state index < -0.39 is 5.41 Å². The second kappa shape index (κ2) is 4.68. The minimum atomic E-state index is -0.938. The molecular weight excluding hydrogens is 214 g/mol. The average molecular weight is 229 g/mol. The van der Waals surface area contributed by atoms with Crippen molar-refractivity contribution >= 4 is 5.78 Å². The van der Waals surface area contributed by atoms with E-state index in [1.54, 1.807) is 0 Å². The number of hydrogen-bond acceptors (Lipinski definition) is 3. The summed E-state index contributed by atoms with van der Waals surface area (Å²) in [7, 11) is 0. The standard InChI is InChI=1S/C14H15NO2/c1-2-3-11-4-6-12(7-5-11)13(16)14(8-15)9-17-10-14/h4-7H,2-3,9-10H2,1H3. The Morgan fingerprint density at radius 2 is 2.06 bits per heavy atom. The number of hydrogen-bond donors (Lipinski definition) is 0. The highest BCUT2D eigenvalue weighted by Crippen LogP contribution is 2.30. The second-order valence-electron chi connectivity index (χ2n) is 4.46. The van der Waals surface area contributed by atoms with Crippen molar-refractivity contribution in [2.45, 2.75) is 19.8 Å². The molecule has 1 aliphatic rings. The van der Waals surface area contributed by atoms with Gasteiger partial charge in [0.05, 0.1) is 19.3 Å². The van der Waals surface area contributed by atoms with Gasteiger partial charge >= 0.3 is 0 Å². The van der Waals surface area contributed by atoms with E-state index >= 15 is 0 Å². The predicted molar refractivity (Wildman–Crippen MR) is 63.6 cm³/mol. The second-order valence-corrected chi connectivity index (χ2v) is 4.46. The summed E-state index contributed by atoms with van der Waals surface area (Å²) in [6, 6.07) is 9.62. The zero-order chi connectivity index (χ0) is 12.3. The van der Waals surface area contributed by atoms with E-state index in [2.05, 4.69) is 13.0 Å². The molecule has 0 aromatic heterocycles. The van der Waals surface area contributed by atoms with Crippen LogP contribution in [0, 0.1) is 16.7 Å². The van der Waals surface area contributed by atoms with Crippen LogP contribution in [0.5, 0.6) is 0 Å². The van der Waals surface area contributed by atoms with Crippen LogP contribution < -0.4 is 0 Å². The summed E-state index contributed by atoms with van der Waals surface area (Å²) in [5.74, 6) is -0.116. The van der Waals surface area contributed by atoms with Crippen molar-refractivity contribution in [2.75, 3.05) is 13.2 Å². The van der Waals surface area contributed by atoms with Gasteiger partial charge in [0, 0.05) is 5.56 Å². The predicted octanol–water partition coefficient (Wildman–Crippen LogP) is 2.36. The Balaban J connectivity index is 2.18. The summed E-state index contributed by atoms with van der Waals surface area (Å²) in [6.07, 6.45) is 2.10. The summed E-state index contributed by atoms with van der Waals surface area (Å²) in [5.41, 5.74) is 0.890. The molecular formula is C14H15NO2. The first-order valence-corrected chi connectivity index (χ1v) is 5.84. The number of carbonyl (C=O) groups excluding carboxylic acids is 1. The molecule has 1 fully saturated rings. The van der Waals surface area contributed by atoms with Gasteiger partial charge in [-0.1, -0.05) is 37.6 Å². The van der Waals surface area contributed by atoms with E-state index in [0.29, 0.717) is 5.56 Å². The van der Waals surface area contributed by atoms with Gasteiger partial charge in [-0.15, -0.1) is 0 Å². The van der Waals surface area contributed by atoms with Gasteiger partial charge in [0.1, 0.15) is 0 Å². The summed E-state index contributed by atoms with van der Waals surface area (Å²) < 4.78 is 4.99. The number of carbonyl (C=O) groups is 1. The van der Waals surface area contributed by atoms with Crippen molar-refractivity contribution in [1.82, 2.24) is 0 Å². The van der Waals surface area contributed by atoms with Gasteiger partial charge < -0.3 is 4.74 Å². The van der Waals surface area contributed by atoms with Gasteiger partial charge in [0.25, 0.3) is 0 Å². The number of ether oxygens (including phenoxy) is 1. The number of Topliss-reactive ketones (excluding diaryl/α,β-unsaturated/α-hetero) is 1. The smallest absolute Gasteiger partial charge is 0.187 e. The molecule has 88 valence electrons. The number of benzene rings is 1. The topological polar surface area (TPSA) is 50.1 Å². The maximum atomic E-state index is 12.1. The quantitative estimate of drug-likeness (QED) is 0.745. The molecule has 1 heterocycles. The molecule has 0 bridgehead atoms. The molecule has 0 aliphatic carbocycles. The van der Waals surface area contributed by atoms with Crippen LogP contribution in [0.15, 0.2) is 24.3 Å². The molecule has 1 aromatic rings. The molecule has 1 saturated heterocycles. The van der Waals surface area contributed by atoms with Crippen LogP contribution in [-0.2, 0) is 11.2 Å². The molecule has 0 spiro atoms. The zero-order valence-electron chi connectivity index (χ0n) is 9.90. The Labute approximate surface area is 101 Å². The van der Waals surface area contributed by atoms with Crippen LogP contribution >= 0.6 is 0 Å². The van der Waals surface area contributed by atoms with E-state index in [1.165, 1.54) is 5.56 Å². The third-order valence-electron chi connectivity index (χ3n) is 3.10. The van der Waals surface area contributed by atoms with Gasteiger partial charge in [-0.2, -0.15) is 5.26 Å². The first-order chi connectivity index (χ1) is 8.22. The van der Waals surface area contributed by atoms with Crippen LogP contribution in [0.25, 0.3) is 0 Å². The maximum absolute atomic E-state index is 12.1. The fourth-order valence-corrected chi connectivity index (χ4v) is 1.94. The zero-order valence-corrected chi connectivity index (χ0v) is 9.90. The maximum Gasteiger partial charge on any atom is 0.187 e. The fourth-order valence-electron chi connectivity index (χ4n) is 1.94. The molecule has 17 heavy (non-hydrogen) atoms. The van der Waals surface area contributed by atoms with E-state index in [9.17, 15) is 4.79 Å². The van der Waals surface area contributed by atoms with Crippen molar-refractivity contribution in [3.05, 3.63) is 35.4 Å². The molecule has 0 N–H and O–H groups in total.